The number of ketones is 2. The third-order valence-corrected chi connectivity index (χ3v) is 7.30. The van der Waals surface area contributed by atoms with Crippen LogP contribution >= 0.6 is 0 Å². The van der Waals surface area contributed by atoms with Crippen molar-refractivity contribution in [3.8, 4) is 22.3 Å². The van der Waals surface area contributed by atoms with Gasteiger partial charge < -0.3 is 0 Å². The van der Waals surface area contributed by atoms with Gasteiger partial charge in [-0.25, -0.2) is 0 Å². The number of rotatable bonds is 6. The van der Waals surface area contributed by atoms with Crippen LogP contribution in [0, 0.1) is 27.7 Å². The minimum Gasteiger partial charge on any atom is -0.289 e. The third-order valence-electron chi connectivity index (χ3n) is 7.30. The highest BCUT2D eigenvalue weighted by Gasteiger charge is 2.16. The zero-order chi connectivity index (χ0) is 26.8. The van der Waals surface area contributed by atoms with Gasteiger partial charge >= 0.3 is 0 Å². The van der Waals surface area contributed by atoms with Crippen LogP contribution in [0.3, 0.4) is 0 Å². The van der Waals surface area contributed by atoms with Crippen LogP contribution < -0.4 is 0 Å². The van der Waals surface area contributed by atoms with Crippen LogP contribution in [0.1, 0.15) is 54.1 Å². The highest BCUT2D eigenvalue weighted by Crippen LogP contribution is 2.29. The summed E-state index contributed by atoms with van der Waals surface area (Å²) in [5, 5.41) is 0. The molecule has 2 heteroatoms. The van der Waals surface area contributed by atoms with E-state index in [1.54, 1.807) is 0 Å². The highest BCUT2D eigenvalue weighted by atomic mass is 16.1. The summed E-state index contributed by atoms with van der Waals surface area (Å²) in [7, 11) is 0. The van der Waals surface area contributed by atoms with Crippen LogP contribution in [0.4, 0.5) is 0 Å². The lowest BCUT2D eigenvalue weighted by Gasteiger charge is -2.12. The Morgan fingerprint density at radius 3 is 1.05 bits per heavy atom. The van der Waals surface area contributed by atoms with Crippen molar-refractivity contribution < 1.29 is 9.59 Å². The minimum absolute atomic E-state index is 0.0459. The molecule has 186 valence electrons. The first-order valence-corrected chi connectivity index (χ1v) is 12.9. The van der Waals surface area contributed by atoms with E-state index in [9.17, 15) is 9.59 Å². The SMILES string of the molecule is Cc1ccccc1C(=O)c1cc(-c2ccc(-c3ccc(C)c(C(=O)c4ccccc4C)c3)cc2)ccc1C. The molecule has 0 bridgehead atoms. The third kappa shape index (κ3) is 4.86. The lowest BCUT2D eigenvalue weighted by molar-refractivity contribution is 0.103. The molecule has 5 rings (SSSR count). The van der Waals surface area contributed by atoms with E-state index < -0.39 is 0 Å². The molecule has 0 amide bonds. The van der Waals surface area contributed by atoms with Crippen molar-refractivity contribution in [2.45, 2.75) is 27.7 Å². The molecule has 5 aromatic rings. The smallest absolute Gasteiger partial charge is 0.193 e. The van der Waals surface area contributed by atoms with Gasteiger partial charge in [-0.3, -0.25) is 9.59 Å². The van der Waals surface area contributed by atoms with Crippen molar-refractivity contribution in [2.24, 2.45) is 0 Å². The first kappa shape index (κ1) is 25.1. The average molecular weight is 495 g/mol. The fraction of sp³-hybridized carbons (Fsp3) is 0.111. The molecule has 2 nitrogen and oxygen atoms in total. The standard InChI is InChI=1S/C36H30O2/c1-23-9-5-7-11-31(23)35(37)33-21-29(15-13-25(33)3)27-17-19-28(20-18-27)30-16-14-26(4)34(22-30)36(38)32-12-8-6-10-24(32)2/h5-22H,1-4H3. The first-order chi connectivity index (χ1) is 18.3. The molecule has 0 N–H and O–H groups in total. The summed E-state index contributed by atoms with van der Waals surface area (Å²) < 4.78 is 0. The highest BCUT2D eigenvalue weighted by molar-refractivity contribution is 6.12. The summed E-state index contributed by atoms with van der Waals surface area (Å²) in [4.78, 5) is 26.6. The Labute approximate surface area is 224 Å². The van der Waals surface area contributed by atoms with Crippen LogP contribution in [-0.4, -0.2) is 11.6 Å². The molecule has 0 aliphatic rings. The van der Waals surface area contributed by atoms with E-state index in [1.807, 2.05) is 100 Å². The number of hydrogen-bond donors (Lipinski definition) is 0. The second kappa shape index (κ2) is 10.4. The molecule has 0 aliphatic heterocycles. The van der Waals surface area contributed by atoms with Crippen molar-refractivity contribution in [1.29, 1.82) is 0 Å². The topological polar surface area (TPSA) is 34.1 Å². The predicted molar refractivity (Wildman–Crippen MR) is 156 cm³/mol. The summed E-state index contributed by atoms with van der Waals surface area (Å²) >= 11 is 0. The number of carbonyl (C=O) groups is 2. The lowest BCUT2D eigenvalue weighted by atomic mass is 9.91. The van der Waals surface area contributed by atoms with Gasteiger partial charge in [0.15, 0.2) is 11.6 Å². The Balaban J connectivity index is 1.45. The summed E-state index contributed by atoms with van der Waals surface area (Å²) in [6, 6.07) is 35.8. The Morgan fingerprint density at radius 1 is 0.368 bits per heavy atom. The Bertz CT molecular complexity index is 1550. The van der Waals surface area contributed by atoms with E-state index in [0.29, 0.717) is 0 Å². The molecule has 0 unspecified atom stereocenters. The van der Waals surface area contributed by atoms with E-state index >= 15 is 0 Å². The molecule has 0 atom stereocenters. The molecule has 0 saturated carbocycles. The minimum atomic E-state index is 0.0459. The average Bonchev–Trinajstić information content (AvgIpc) is 2.93. The van der Waals surface area contributed by atoms with Crippen LogP contribution in [0.15, 0.2) is 109 Å². The molecule has 0 spiro atoms. The fourth-order valence-corrected chi connectivity index (χ4v) is 4.89. The van der Waals surface area contributed by atoms with Crippen molar-refractivity contribution in [1.82, 2.24) is 0 Å². The second-order valence-corrected chi connectivity index (χ2v) is 9.92. The van der Waals surface area contributed by atoms with E-state index in [1.165, 1.54) is 0 Å². The second-order valence-electron chi connectivity index (χ2n) is 9.92. The van der Waals surface area contributed by atoms with Gasteiger partial charge in [0.05, 0.1) is 0 Å². The van der Waals surface area contributed by atoms with Gasteiger partial charge in [0.1, 0.15) is 0 Å². The van der Waals surface area contributed by atoms with Crippen molar-refractivity contribution in [2.75, 3.05) is 0 Å². The van der Waals surface area contributed by atoms with E-state index in [4.69, 9.17) is 0 Å². The maximum atomic E-state index is 13.3. The predicted octanol–water partition coefficient (Wildman–Crippen LogP) is 8.72. The molecule has 5 aromatic carbocycles. The van der Waals surface area contributed by atoms with Gasteiger partial charge in [-0.1, -0.05) is 97.1 Å². The number of hydrogen-bond acceptors (Lipinski definition) is 2. The van der Waals surface area contributed by atoms with Gasteiger partial charge in [0.25, 0.3) is 0 Å². The van der Waals surface area contributed by atoms with Crippen LogP contribution in [-0.2, 0) is 0 Å². The lowest BCUT2D eigenvalue weighted by Crippen LogP contribution is -2.06. The van der Waals surface area contributed by atoms with E-state index in [-0.39, 0.29) is 11.6 Å². The maximum Gasteiger partial charge on any atom is 0.193 e. The van der Waals surface area contributed by atoms with Gasteiger partial charge in [0.2, 0.25) is 0 Å². The van der Waals surface area contributed by atoms with Gasteiger partial charge in [0, 0.05) is 22.3 Å². The van der Waals surface area contributed by atoms with E-state index in [0.717, 1.165) is 66.8 Å². The van der Waals surface area contributed by atoms with Crippen LogP contribution in [0.2, 0.25) is 0 Å². The number of carbonyl (C=O) groups excluding carboxylic acids is 2. The van der Waals surface area contributed by atoms with Crippen molar-refractivity contribution in [3.05, 3.63) is 154 Å². The summed E-state index contributed by atoms with van der Waals surface area (Å²) in [5.74, 6) is 0.0918. The number of aryl methyl sites for hydroxylation is 4. The van der Waals surface area contributed by atoms with Crippen molar-refractivity contribution >= 4 is 11.6 Å². The number of benzene rings is 5. The Kier molecular flexibility index (Phi) is 6.89. The Morgan fingerprint density at radius 2 is 0.684 bits per heavy atom. The Hall–Kier alpha value is -4.56. The zero-order valence-electron chi connectivity index (χ0n) is 22.2. The molecule has 0 saturated heterocycles. The quantitative estimate of drug-likeness (QED) is 0.221. The molecule has 38 heavy (non-hydrogen) atoms. The molecule has 0 heterocycles. The molecular weight excluding hydrogens is 464 g/mol. The summed E-state index contributed by atoms with van der Waals surface area (Å²) in [6.45, 7) is 7.89. The van der Waals surface area contributed by atoms with Crippen molar-refractivity contribution in [3.63, 3.8) is 0 Å². The van der Waals surface area contributed by atoms with Gasteiger partial charge in [-0.2, -0.15) is 0 Å². The fourth-order valence-electron chi connectivity index (χ4n) is 4.89. The normalized spacial score (nSPS) is 10.8. The first-order valence-electron chi connectivity index (χ1n) is 12.9. The largest absolute Gasteiger partial charge is 0.289 e. The maximum absolute atomic E-state index is 13.3. The molecule has 0 aromatic heterocycles. The summed E-state index contributed by atoms with van der Waals surface area (Å²) in [6.07, 6.45) is 0. The van der Waals surface area contributed by atoms with Gasteiger partial charge in [-0.05, 0) is 84.3 Å². The zero-order valence-corrected chi connectivity index (χ0v) is 22.2. The molecule has 0 radical (unpaired) electrons. The van der Waals surface area contributed by atoms with Gasteiger partial charge in [-0.15, -0.1) is 0 Å². The van der Waals surface area contributed by atoms with E-state index in [2.05, 4.69) is 36.4 Å². The molecule has 0 fully saturated rings. The monoisotopic (exact) mass is 494 g/mol. The molecular formula is C36H30O2. The summed E-state index contributed by atoms with van der Waals surface area (Å²) in [5.41, 5.74) is 10.9. The van der Waals surface area contributed by atoms with Crippen LogP contribution in [0.25, 0.3) is 22.3 Å². The molecule has 0 aliphatic carbocycles. The van der Waals surface area contributed by atoms with Crippen LogP contribution in [0.5, 0.6) is 0 Å².